The molecule has 0 atom stereocenters. The predicted molar refractivity (Wildman–Crippen MR) is 89.4 cm³/mol. The Labute approximate surface area is 127 Å². The first-order valence-electron chi connectivity index (χ1n) is 7.37. The van der Waals surface area contributed by atoms with Crippen LogP contribution >= 0.6 is 0 Å². The highest BCUT2D eigenvalue weighted by Gasteiger charge is 2.18. The lowest BCUT2D eigenvalue weighted by Crippen LogP contribution is -2.21. The van der Waals surface area contributed by atoms with Gasteiger partial charge in [-0.2, -0.15) is 0 Å². The van der Waals surface area contributed by atoms with Crippen molar-refractivity contribution >= 4 is 5.82 Å². The summed E-state index contributed by atoms with van der Waals surface area (Å²) in [7, 11) is 2.07. The summed E-state index contributed by atoms with van der Waals surface area (Å²) in [5, 5.41) is 0. The predicted octanol–water partition coefficient (Wildman–Crippen LogP) is 3.47. The summed E-state index contributed by atoms with van der Waals surface area (Å²) in [6.45, 7) is 7.91. The number of hydrogen-bond acceptors (Lipinski definition) is 3. The van der Waals surface area contributed by atoms with Crippen LogP contribution in [0.5, 0.6) is 0 Å². The van der Waals surface area contributed by atoms with Crippen molar-refractivity contribution in [3.8, 4) is 0 Å². The molecule has 0 unspecified atom stereocenters. The van der Waals surface area contributed by atoms with E-state index >= 15 is 0 Å². The van der Waals surface area contributed by atoms with Crippen LogP contribution in [0.15, 0.2) is 42.5 Å². The second-order valence-corrected chi connectivity index (χ2v) is 6.51. The highest BCUT2D eigenvalue weighted by Crippen LogP contribution is 2.25. The van der Waals surface area contributed by atoms with Crippen LogP contribution in [0, 0.1) is 0 Å². The average Bonchev–Trinajstić information content (AvgIpc) is 2.46. The SMILES string of the molecule is CN(Cc1ccccc1)c1cc(CN)cc(C(C)(C)C)n1. The molecule has 0 aliphatic heterocycles. The number of rotatable bonds is 4. The fourth-order valence-corrected chi connectivity index (χ4v) is 2.21. The highest BCUT2D eigenvalue weighted by molar-refractivity contribution is 5.44. The molecule has 0 saturated carbocycles. The number of nitrogens with two attached hydrogens (primary N) is 1. The minimum absolute atomic E-state index is 0.0213. The maximum Gasteiger partial charge on any atom is 0.129 e. The summed E-state index contributed by atoms with van der Waals surface area (Å²) in [4.78, 5) is 6.99. The lowest BCUT2D eigenvalue weighted by atomic mass is 9.90. The number of nitrogens with zero attached hydrogens (tertiary/aromatic N) is 2. The fraction of sp³-hybridized carbons (Fsp3) is 0.389. The van der Waals surface area contributed by atoms with Gasteiger partial charge in [0.25, 0.3) is 0 Å². The van der Waals surface area contributed by atoms with Crippen LogP contribution in [-0.4, -0.2) is 12.0 Å². The van der Waals surface area contributed by atoms with Gasteiger partial charge in [-0.05, 0) is 23.3 Å². The van der Waals surface area contributed by atoms with Crippen molar-refractivity contribution in [2.45, 2.75) is 39.3 Å². The van der Waals surface area contributed by atoms with Gasteiger partial charge in [-0.15, -0.1) is 0 Å². The Kier molecular flexibility index (Phi) is 4.63. The van der Waals surface area contributed by atoms with E-state index < -0.39 is 0 Å². The molecule has 3 nitrogen and oxygen atoms in total. The largest absolute Gasteiger partial charge is 0.355 e. The third-order valence-electron chi connectivity index (χ3n) is 3.53. The highest BCUT2D eigenvalue weighted by atomic mass is 15.2. The van der Waals surface area contributed by atoms with Gasteiger partial charge in [0.05, 0.1) is 0 Å². The Morgan fingerprint density at radius 3 is 2.29 bits per heavy atom. The molecule has 1 aromatic heterocycles. The van der Waals surface area contributed by atoms with Crippen LogP contribution in [0.4, 0.5) is 5.82 Å². The minimum atomic E-state index is 0.0213. The van der Waals surface area contributed by atoms with Crippen molar-refractivity contribution in [3.05, 3.63) is 59.3 Å². The van der Waals surface area contributed by atoms with Gasteiger partial charge in [0.1, 0.15) is 5.82 Å². The zero-order valence-electron chi connectivity index (χ0n) is 13.4. The second kappa shape index (κ2) is 6.27. The van der Waals surface area contributed by atoms with Crippen molar-refractivity contribution in [1.29, 1.82) is 0 Å². The van der Waals surface area contributed by atoms with Gasteiger partial charge >= 0.3 is 0 Å². The van der Waals surface area contributed by atoms with E-state index in [1.54, 1.807) is 0 Å². The molecule has 0 aliphatic rings. The zero-order valence-corrected chi connectivity index (χ0v) is 13.4. The van der Waals surface area contributed by atoms with Gasteiger partial charge in [0, 0.05) is 31.2 Å². The third-order valence-corrected chi connectivity index (χ3v) is 3.53. The molecule has 2 rings (SSSR count). The summed E-state index contributed by atoms with van der Waals surface area (Å²) in [6.07, 6.45) is 0. The Bertz CT molecular complexity index is 585. The summed E-state index contributed by atoms with van der Waals surface area (Å²) >= 11 is 0. The summed E-state index contributed by atoms with van der Waals surface area (Å²) in [5.74, 6) is 0.978. The van der Waals surface area contributed by atoms with Crippen LogP contribution in [0.25, 0.3) is 0 Å². The molecule has 1 aromatic carbocycles. The van der Waals surface area contributed by atoms with Gasteiger partial charge in [-0.25, -0.2) is 4.98 Å². The molecule has 0 radical (unpaired) electrons. The first-order valence-corrected chi connectivity index (χ1v) is 7.37. The molecule has 2 N–H and O–H groups in total. The lowest BCUT2D eigenvalue weighted by Gasteiger charge is -2.24. The molecule has 0 amide bonds. The normalized spacial score (nSPS) is 11.5. The Hall–Kier alpha value is -1.87. The maximum atomic E-state index is 5.84. The summed E-state index contributed by atoms with van der Waals surface area (Å²) in [5.41, 5.74) is 9.35. The molecular formula is C18H25N3. The van der Waals surface area contributed by atoms with Crippen LogP contribution in [0.2, 0.25) is 0 Å². The summed E-state index contributed by atoms with van der Waals surface area (Å²) in [6, 6.07) is 14.6. The van der Waals surface area contributed by atoms with Crippen molar-refractivity contribution in [1.82, 2.24) is 4.98 Å². The Balaban J connectivity index is 2.30. The molecule has 2 aromatic rings. The maximum absolute atomic E-state index is 5.84. The molecule has 0 fully saturated rings. The standard InChI is InChI=1S/C18H25N3/c1-18(2,3)16-10-15(12-19)11-17(20-16)21(4)13-14-8-6-5-7-9-14/h5-11H,12-13,19H2,1-4H3. The molecule has 1 heterocycles. The van der Waals surface area contributed by atoms with Gasteiger partial charge in [0.15, 0.2) is 0 Å². The monoisotopic (exact) mass is 283 g/mol. The van der Waals surface area contributed by atoms with Gasteiger partial charge in [-0.3, -0.25) is 0 Å². The number of aromatic nitrogens is 1. The topological polar surface area (TPSA) is 42.1 Å². The van der Waals surface area contributed by atoms with E-state index in [1.165, 1.54) is 5.56 Å². The number of pyridine rings is 1. The average molecular weight is 283 g/mol. The molecule has 3 heteroatoms. The van der Waals surface area contributed by atoms with E-state index in [0.29, 0.717) is 6.54 Å². The Morgan fingerprint density at radius 2 is 1.71 bits per heavy atom. The number of anilines is 1. The number of hydrogen-bond donors (Lipinski definition) is 1. The second-order valence-electron chi connectivity index (χ2n) is 6.51. The quantitative estimate of drug-likeness (QED) is 0.934. The van der Waals surface area contributed by atoms with Gasteiger partial charge < -0.3 is 10.6 Å². The van der Waals surface area contributed by atoms with E-state index in [9.17, 15) is 0 Å². The van der Waals surface area contributed by atoms with Crippen molar-refractivity contribution in [2.75, 3.05) is 11.9 Å². The van der Waals surface area contributed by atoms with E-state index in [4.69, 9.17) is 10.7 Å². The van der Waals surface area contributed by atoms with E-state index in [0.717, 1.165) is 23.6 Å². The van der Waals surface area contributed by atoms with E-state index in [1.807, 2.05) is 6.07 Å². The van der Waals surface area contributed by atoms with Crippen LogP contribution < -0.4 is 10.6 Å². The molecule has 0 spiro atoms. The number of benzene rings is 1. The molecule has 0 bridgehead atoms. The summed E-state index contributed by atoms with van der Waals surface area (Å²) < 4.78 is 0. The minimum Gasteiger partial charge on any atom is -0.355 e. The molecule has 0 saturated heterocycles. The third kappa shape index (κ3) is 4.05. The first-order chi connectivity index (χ1) is 9.90. The lowest BCUT2D eigenvalue weighted by molar-refractivity contribution is 0.567. The molecule has 0 aliphatic carbocycles. The Morgan fingerprint density at radius 1 is 1.05 bits per heavy atom. The zero-order chi connectivity index (χ0) is 15.5. The van der Waals surface area contributed by atoms with Crippen molar-refractivity contribution < 1.29 is 0 Å². The van der Waals surface area contributed by atoms with Crippen molar-refractivity contribution in [2.24, 2.45) is 5.73 Å². The van der Waals surface area contributed by atoms with Crippen LogP contribution in [0.1, 0.15) is 37.6 Å². The fourth-order valence-electron chi connectivity index (χ4n) is 2.21. The van der Waals surface area contributed by atoms with Crippen LogP contribution in [-0.2, 0) is 18.5 Å². The first kappa shape index (κ1) is 15.5. The van der Waals surface area contributed by atoms with Crippen molar-refractivity contribution in [3.63, 3.8) is 0 Å². The van der Waals surface area contributed by atoms with Crippen LogP contribution in [0.3, 0.4) is 0 Å². The van der Waals surface area contributed by atoms with E-state index in [-0.39, 0.29) is 5.41 Å². The van der Waals surface area contributed by atoms with E-state index in [2.05, 4.69) is 69.1 Å². The molecular weight excluding hydrogens is 258 g/mol. The molecule has 112 valence electrons. The molecule has 21 heavy (non-hydrogen) atoms. The van der Waals surface area contributed by atoms with Gasteiger partial charge in [0.2, 0.25) is 0 Å². The smallest absolute Gasteiger partial charge is 0.129 e. The van der Waals surface area contributed by atoms with Gasteiger partial charge in [-0.1, -0.05) is 51.1 Å².